The van der Waals surface area contributed by atoms with E-state index in [2.05, 4.69) is 0 Å². The van der Waals surface area contributed by atoms with Crippen LogP contribution in [0.25, 0.3) is 0 Å². The molecular formula is C17H22FN3O3. The Morgan fingerprint density at radius 1 is 1.17 bits per heavy atom. The average molecular weight is 335 g/mol. The highest BCUT2D eigenvalue weighted by Gasteiger charge is 2.33. The predicted molar refractivity (Wildman–Crippen MR) is 87.3 cm³/mol. The second-order valence-corrected chi connectivity index (χ2v) is 6.39. The van der Waals surface area contributed by atoms with Crippen LogP contribution < -0.4 is 4.90 Å². The number of rotatable bonds is 3. The Bertz CT molecular complexity index is 612. The molecule has 2 aliphatic rings. The molecule has 0 bridgehead atoms. The first-order valence-corrected chi connectivity index (χ1v) is 8.19. The minimum atomic E-state index is -0.340. The number of hydrogen-bond donors (Lipinski definition) is 0. The van der Waals surface area contributed by atoms with Gasteiger partial charge in [-0.15, -0.1) is 0 Å². The third-order valence-electron chi connectivity index (χ3n) is 4.33. The van der Waals surface area contributed by atoms with Crippen molar-refractivity contribution in [3.63, 3.8) is 0 Å². The molecule has 0 aliphatic carbocycles. The number of benzene rings is 1. The van der Waals surface area contributed by atoms with Crippen LogP contribution in [0.5, 0.6) is 0 Å². The highest BCUT2D eigenvalue weighted by atomic mass is 19.1. The number of anilines is 1. The van der Waals surface area contributed by atoms with E-state index in [1.165, 1.54) is 17.0 Å². The topological polar surface area (TPSA) is 53.1 Å². The Kier molecular flexibility index (Phi) is 4.71. The molecule has 1 aromatic rings. The van der Waals surface area contributed by atoms with Crippen molar-refractivity contribution in [3.05, 3.63) is 30.1 Å². The first kappa shape index (κ1) is 16.7. The summed E-state index contributed by atoms with van der Waals surface area (Å²) in [5, 5.41) is 0. The maximum absolute atomic E-state index is 13.0. The number of morpholine rings is 1. The van der Waals surface area contributed by atoms with E-state index in [0.717, 1.165) is 0 Å². The standard InChI is InChI=1S/C17H22FN3O3/c1-12-9-20(10-13(2)24-12)16(22)11-19-7-8-21(17(19)23)15-5-3-14(18)4-6-15/h3-6,12-13H,7-11H2,1-2H3. The van der Waals surface area contributed by atoms with Crippen molar-refractivity contribution in [1.29, 1.82) is 0 Å². The van der Waals surface area contributed by atoms with Crippen molar-refractivity contribution in [2.75, 3.05) is 37.6 Å². The molecule has 0 aromatic heterocycles. The van der Waals surface area contributed by atoms with Gasteiger partial charge < -0.3 is 14.5 Å². The van der Waals surface area contributed by atoms with E-state index >= 15 is 0 Å². The first-order chi connectivity index (χ1) is 11.4. The van der Waals surface area contributed by atoms with Crippen LogP contribution in [-0.4, -0.2) is 66.7 Å². The average Bonchev–Trinajstić information content (AvgIpc) is 2.88. The lowest BCUT2D eigenvalue weighted by Crippen LogP contribution is -2.51. The summed E-state index contributed by atoms with van der Waals surface area (Å²) in [6.07, 6.45) is 0.00499. The van der Waals surface area contributed by atoms with Gasteiger partial charge in [-0.3, -0.25) is 9.69 Å². The Balaban J connectivity index is 1.61. The molecule has 3 amide bonds. The summed E-state index contributed by atoms with van der Waals surface area (Å²) in [7, 11) is 0. The van der Waals surface area contributed by atoms with E-state index in [-0.39, 0.29) is 36.5 Å². The molecule has 2 heterocycles. The highest BCUT2D eigenvalue weighted by molar-refractivity contribution is 5.96. The van der Waals surface area contributed by atoms with Gasteiger partial charge in [0, 0.05) is 31.9 Å². The van der Waals surface area contributed by atoms with Crippen molar-refractivity contribution >= 4 is 17.6 Å². The smallest absolute Gasteiger partial charge is 0.325 e. The van der Waals surface area contributed by atoms with Gasteiger partial charge in [0.15, 0.2) is 0 Å². The van der Waals surface area contributed by atoms with Crippen LogP contribution in [0.2, 0.25) is 0 Å². The monoisotopic (exact) mass is 335 g/mol. The van der Waals surface area contributed by atoms with Gasteiger partial charge in [-0.05, 0) is 38.1 Å². The number of halogens is 1. The van der Waals surface area contributed by atoms with Crippen molar-refractivity contribution in [3.8, 4) is 0 Å². The summed E-state index contributed by atoms with van der Waals surface area (Å²) in [5.41, 5.74) is 0.643. The van der Waals surface area contributed by atoms with Crippen LogP contribution in [0.15, 0.2) is 24.3 Å². The van der Waals surface area contributed by atoms with Crippen LogP contribution in [-0.2, 0) is 9.53 Å². The Morgan fingerprint density at radius 3 is 2.42 bits per heavy atom. The molecule has 2 fully saturated rings. The SMILES string of the molecule is CC1CN(C(=O)CN2CCN(c3ccc(F)cc3)C2=O)CC(C)O1. The molecule has 2 aliphatic heterocycles. The molecule has 7 heteroatoms. The number of nitrogens with zero attached hydrogens (tertiary/aromatic N) is 3. The molecule has 3 rings (SSSR count). The minimum Gasteiger partial charge on any atom is -0.372 e. The first-order valence-electron chi connectivity index (χ1n) is 8.19. The minimum absolute atomic E-state index is 0.00249. The fraction of sp³-hybridized carbons (Fsp3) is 0.529. The van der Waals surface area contributed by atoms with Gasteiger partial charge in [0.25, 0.3) is 0 Å². The predicted octanol–water partition coefficient (Wildman–Crippen LogP) is 1.70. The highest BCUT2D eigenvalue weighted by Crippen LogP contribution is 2.21. The lowest BCUT2D eigenvalue weighted by atomic mass is 10.2. The van der Waals surface area contributed by atoms with Crippen molar-refractivity contribution in [1.82, 2.24) is 9.80 Å². The fourth-order valence-electron chi connectivity index (χ4n) is 3.23. The molecule has 24 heavy (non-hydrogen) atoms. The maximum Gasteiger partial charge on any atom is 0.325 e. The summed E-state index contributed by atoms with van der Waals surface area (Å²) in [6, 6.07) is 5.58. The molecule has 2 atom stereocenters. The number of ether oxygens (including phenoxy) is 1. The Hall–Kier alpha value is -2.15. The lowest BCUT2D eigenvalue weighted by Gasteiger charge is -2.36. The van der Waals surface area contributed by atoms with Crippen LogP contribution in [0, 0.1) is 5.82 Å². The molecule has 0 saturated carbocycles. The fourth-order valence-corrected chi connectivity index (χ4v) is 3.23. The zero-order valence-electron chi connectivity index (χ0n) is 13.9. The maximum atomic E-state index is 13.0. The zero-order chi connectivity index (χ0) is 17.3. The molecule has 2 unspecified atom stereocenters. The normalized spacial score (nSPS) is 24.6. The van der Waals surface area contributed by atoms with Crippen LogP contribution in [0.1, 0.15) is 13.8 Å². The number of amides is 3. The number of hydrogen-bond acceptors (Lipinski definition) is 3. The summed E-state index contributed by atoms with van der Waals surface area (Å²) in [5.74, 6) is -0.403. The largest absolute Gasteiger partial charge is 0.372 e. The lowest BCUT2D eigenvalue weighted by molar-refractivity contribution is -0.143. The van der Waals surface area contributed by atoms with E-state index in [4.69, 9.17) is 4.74 Å². The van der Waals surface area contributed by atoms with Crippen molar-refractivity contribution in [2.45, 2.75) is 26.1 Å². The number of carbonyl (C=O) groups excluding carboxylic acids is 2. The van der Waals surface area contributed by atoms with E-state index in [9.17, 15) is 14.0 Å². The molecule has 6 nitrogen and oxygen atoms in total. The second-order valence-electron chi connectivity index (χ2n) is 6.39. The van der Waals surface area contributed by atoms with Gasteiger partial charge in [-0.25, -0.2) is 9.18 Å². The van der Waals surface area contributed by atoms with Crippen molar-refractivity contribution < 1.29 is 18.7 Å². The third kappa shape index (κ3) is 3.51. The Labute approximate surface area is 140 Å². The van der Waals surface area contributed by atoms with E-state index in [1.54, 1.807) is 21.9 Å². The zero-order valence-corrected chi connectivity index (χ0v) is 13.9. The summed E-state index contributed by atoms with van der Waals surface area (Å²) in [4.78, 5) is 29.8. The van der Waals surface area contributed by atoms with Gasteiger partial charge in [0.2, 0.25) is 5.91 Å². The molecule has 1 aromatic carbocycles. The van der Waals surface area contributed by atoms with Crippen LogP contribution in [0.4, 0.5) is 14.9 Å². The summed E-state index contributed by atoms with van der Waals surface area (Å²) < 4.78 is 18.6. The van der Waals surface area contributed by atoms with Gasteiger partial charge in [-0.1, -0.05) is 0 Å². The quantitative estimate of drug-likeness (QED) is 0.845. The number of carbonyl (C=O) groups is 2. The van der Waals surface area contributed by atoms with Crippen LogP contribution >= 0.6 is 0 Å². The Morgan fingerprint density at radius 2 is 1.79 bits per heavy atom. The van der Waals surface area contributed by atoms with E-state index < -0.39 is 0 Å². The number of urea groups is 1. The van der Waals surface area contributed by atoms with Crippen molar-refractivity contribution in [2.24, 2.45) is 0 Å². The van der Waals surface area contributed by atoms with Gasteiger partial charge in [0.1, 0.15) is 12.4 Å². The molecule has 130 valence electrons. The van der Waals surface area contributed by atoms with Crippen LogP contribution in [0.3, 0.4) is 0 Å². The summed E-state index contributed by atoms with van der Waals surface area (Å²) >= 11 is 0. The van der Waals surface area contributed by atoms with E-state index in [1.807, 2.05) is 13.8 Å². The molecule has 0 N–H and O–H groups in total. The van der Waals surface area contributed by atoms with Gasteiger partial charge in [0.05, 0.1) is 12.2 Å². The summed E-state index contributed by atoms with van der Waals surface area (Å²) in [6.45, 7) is 6.02. The molecule has 2 saturated heterocycles. The second kappa shape index (κ2) is 6.76. The molecular weight excluding hydrogens is 313 g/mol. The third-order valence-corrected chi connectivity index (χ3v) is 4.33. The molecule has 0 radical (unpaired) electrons. The molecule has 0 spiro atoms. The van der Waals surface area contributed by atoms with Gasteiger partial charge >= 0.3 is 6.03 Å². The van der Waals surface area contributed by atoms with E-state index in [0.29, 0.717) is 31.9 Å². The van der Waals surface area contributed by atoms with Gasteiger partial charge in [-0.2, -0.15) is 0 Å².